The number of amides is 1. The van der Waals surface area contributed by atoms with Gasteiger partial charge < -0.3 is 15.0 Å². The van der Waals surface area contributed by atoms with Crippen LogP contribution in [0.1, 0.15) is 35.8 Å². The third-order valence-electron chi connectivity index (χ3n) is 3.47. The predicted octanol–water partition coefficient (Wildman–Crippen LogP) is 3.55. The van der Waals surface area contributed by atoms with Crippen molar-refractivity contribution in [3.8, 4) is 5.88 Å². The first-order valence-corrected chi connectivity index (χ1v) is 8.57. The molecular formula is C19H24ClN3O2. The number of nitrogens with zero attached hydrogens (tertiary/aromatic N) is 2. The molecule has 0 radical (unpaired) electrons. The average molecular weight is 362 g/mol. The standard InChI is InChI=1S/C19H24ClN3O2/c1-13(2)25-19-16(20)10-15(11-21-19)18(24)22-17(12-23(3)4)14-8-6-5-7-9-14/h5-11,13,17H,12H2,1-4H3,(H,22,24). The summed E-state index contributed by atoms with van der Waals surface area (Å²) in [7, 11) is 3.94. The maximum absolute atomic E-state index is 12.6. The number of hydrogen-bond acceptors (Lipinski definition) is 4. The summed E-state index contributed by atoms with van der Waals surface area (Å²) in [6.07, 6.45) is 1.45. The first-order chi connectivity index (χ1) is 11.9. The van der Waals surface area contributed by atoms with Gasteiger partial charge in [0.1, 0.15) is 5.02 Å². The minimum Gasteiger partial charge on any atom is -0.474 e. The Morgan fingerprint density at radius 1 is 1.28 bits per heavy atom. The van der Waals surface area contributed by atoms with Gasteiger partial charge in [-0.05, 0) is 39.6 Å². The Hall–Kier alpha value is -2.11. The van der Waals surface area contributed by atoms with E-state index >= 15 is 0 Å². The van der Waals surface area contributed by atoms with Crippen LogP contribution < -0.4 is 10.1 Å². The highest BCUT2D eigenvalue weighted by Gasteiger charge is 2.18. The molecule has 25 heavy (non-hydrogen) atoms. The van der Waals surface area contributed by atoms with Crippen molar-refractivity contribution in [1.82, 2.24) is 15.2 Å². The summed E-state index contributed by atoms with van der Waals surface area (Å²) in [5, 5.41) is 3.37. The molecule has 0 bridgehead atoms. The van der Waals surface area contributed by atoms with Crippen LogP contribution in [0.25, 0.3) is 0 Å². The van der Waals surface area contributed by atoms with E-state index in [4.69, 9.17) is 16.3 Å². The summed E-state index contributed by atoms with van der Waals surface area (Å²) in [5.41, 5.74) is 1.45. The maximum Gasteiger partial charge on any atom is 0.253 e. The van der Waals surface area contributed by atoms with Crippen molar-refractivity contribution in [3.63, 3.8) is 0 Å². The highest BCUT2D eigenvalue weighted by Crippen LogP contribution is 2.24. The van der Waals surface area contributed by atoms with Crippen molar-refractivity contribution in [3.05, 3.63) is 58.7 Å². The second kappa shape index (κ2) is 8.83. The molecule has 0 aliphatic rings. The van der Waals surface area contributed by atoms with Crippen molar-refractivity contribution in [2.75, 3.05) is 20.6 Å². The van der Waals surface area contributed by atoms with Crippen LogP contribution in [0, 0.1) is 0 Å². The largest absolute Gasteiger partial charge is 0.474 e. The predicted molar refractivity (Wildman–Crippen MR) is 100 cm³/mol. The normalized spacial score (nSPS) is 12.3. The Bertz CT molecular complexity index is 705. The van der Waals surface area contributed by atoms with Gasteiger partial charge in [-0.1, -0.05) is 41.9 Å². The number of benzene rings is 1. The average Bonchev–Trinajstić information content (AvgIpc) is 2.56. The molecule has 0 aliphatic heterocycles. The lowest BCUT2D eigenvalue weighted by Crippen LogP contribution is -2.35. The third-order valence-corrected chi connectivity index (χ3v) is 3.74. The van der Waals surface area contributed by atoms with Gasteiger partial charge in [-0.15, -0.1) is 0 Å². The van der Waals surface area contributed by atoms with Crippen molar-refractivity contribution in [1.29, 1.82) is 0 Å². The van der Waals surface area contributed by atoms with Crippen LogP contribution in [-0.4, -0.2) is 42.5 Å². The van der Waals surface area contributed by atoms with Gasteiger partial charge in [0.05, 0.1) is 17.7 Å². The smallest absolute Gasteiger partial charge is 0.253 e. The molecule has 1 amide bonds. The van der Waals surface area contributed by atoms with Gasteiger partial charge in [-0.2, -0.15) is 0 Å². The monoisotopic (exact) mass is 361 g/mol. The number of nitrogens with one attached hydrogen (secondary N) is 1. The zero-order valence-corrected chi connectivity index (χ0v) is 15.7. The minimum absolute atomic E-state index is 0.0350. The fourth-order valence-corrected chi connectivity index (χ4v) is 2.60. The van der Waals surface area contributed by atoms with E-state index in [-0.39, 0.29) is 18.1 Å². The molecule has 1 aromatic carbocycles. The zero-order chi connectivity index (χ0) is 18.4. The van der Waals surface area contributed by atoms with Gasteiger partial charge >= 0.3 is 0 Å². The highest BCUT2D eigenvalue weighted by molar-refractivity contribution is 6.32. The lowest BCUT2D eigenvalue weighted by molar-refractivity contribution is 0.0929. The molecule has 0 fully saturated rings. The molecule has 0 spiro atoms. The van der Waals surface area contributed by atoms with E-state index in [1.807, 2.05) is 63.2 Å². The van der Waals surface area contributed by atoms with Crippen molar-refractivity contribution >= 4 is 17.5 Å². The first-order valence-electron chi connectivity index (χ1n) is 8.19. The van der Waals surface area contributed by atoms with E-state index in [1.54, 1.807) is 6.07 Å². The summed E-state index contributed by atoms with van der Waals surface area (Å²) in [4.78, 5) is 18.8. The summed E-state index contributed by atoms with van der Waals surface area (Å²) < 4.78 is 5.50. The number of pyridine rings is 1. The molecule has 0 saturated carbocycles. The number of hydrogen-bond donors (Lipinski definition) is 1. The summed E-state index contributed by atoms with van der Waals surface area (Å²) in [6, 6.07) is 11.3. The molecular weight excluding hydrogens is 338 g/mol. The molecule has 1 atom stereocenters. The Balaban J connectivity index is 2.16. The Morgan fingerprint density at radius 3 is 2.52 bits per heavy atom. The van der Waals surface area contributed by atoms with Crippen molar-refractivity contribution in [2.45, 2.75) is 26.0 Å². The molecule has 6 heteroatoms. The molecule has 2 rings (SSSR count). The van der Waals surface area contributed by atoms with Gasteiger partial charge in [0.15, 0.2) is 0 Å². The molecule has 0 saturated heterocycles. The quantitative estimate of drug-likeness (QED) is 0.819. The van der Waals surface area contributed by atoms with Gasteiger partial charge in [-0.25, -0.2) is 4.98 Å². The van der Waals surface area contributed by atoms with E-state index in [0.717, 1.165) is 5.56 Å². The summed E-state index contributed by atoms with van der Waals surface area (Å²) in [5.74, 6) is 0.113. The fourth-order valence-electron chi connectivity index (χ4n) is 2.39. The molecule has 0 aliphatic carbocycles. The van der Waals surface area contributed by atoms with Gasteiger partial charge in [-0.3, -0.25) is 4.79 Å². The Kier molecular flexibility index (Phi) is 6.79. The van der Waals surface area contributed by atoms with Crippen molar-refractivity contribution < 1.29 is 9.53 Å². The van der Waals surface area contributed by atoms with Crippen LogP contribution in [0.2, 0.25) is 5.02 Å². The molecule has 2 aromatic rings. The van der Waals surface area contributed by atoms with Crippen molar-refractivity contribution in [2.24, 2.45) is 0 Å². The van der Waals surface area contributed by atoms with Crippen LogP contribution in [0.15, 0.2) is 42.6 Å². The van der Waals surface area contributed by atoms with Crippen LogP contribution in [0.4, 0.5) is 0 Å². The van der Waals surface area contributed by atoms with Crippen LogP contribution in [-0.2, 0) is 0 Å². The molecule has 5 nitrogen and oxygen atoms in total. The Labute approximate surface area is 154 Å². The van der Waals surface area contributed by atoms with Gasteiger partial charge in [0.2, 0.25) is 5.88 Å². The number of aromatic nitrogens is 1. The van der Waals surface area contributed by atoms with Gasteiger partial charge in [0.25, 0.3) is 5.91 Å². The number of likely N-dealkylation sites (N-methyl/N-ethyl adjacent to an activating group) is 1. The van der Waals surface area contributed by atoms with E-state index in [0.29, 0.717) is 23.0 Å². The van der Waals surface area contributed by atoms with Crippen LogP contribution in [0.5, 0.6) is 5.88 Å². The number of carbonyl (C=O) groups is 1. The Morgan fingerprint density at radius 2 is 1.96 bits per heavy atom. The topological polar surface area (TPSA) is 54.5 Å². The lowest BCUT2D eigenvalue weighted by Gasteiger charge is -2.23. The molecule has 134 valence electrons. The van der Waals surface area contributed by atoms with Gasteiger partial charge in [0, 0.05) is 12.7 Å². The van der Waals surface area contributed by atoms with E-state index in [1.165, 1.54) is 6.20 Å². The second-order valence-electron chi connectivity index (χ2n) is 6.38. The number of halogens is 1. The lowest BCUT2D eigenvalue weighted by atomic mass is 10.1. The number of ether oxygens (including phenoxy) is 1. The van der Waals surface area contributed by atoms with E-state index < -0.39 is 0 Å². The van der Waals surface area contributed by atoms with Crippen LogP contribution in [0.3, 0.4) is 0 Å². The molecule has 1 unspecified atom stereocenters. The fraction of sp³-hybridized carbons (Fsp3) is 0.368. The summed E-state index contributed by atoms with van der Waals surface area (Å²) in [6.45, 7) is 4.47. The maximum atomic E-state index is 12.6. The zero-order valence-electron chi connectivity index (χ0n) is 15.0. The second-order valence-corrected chi connectivity index (χ2v) is 6.78. The minimum atomic E-state index is -0.221. The molecule has 1 aromatic heterocycles. The van der Waals surface area contributed by atoms with E-state index in [9.17, 15) is 4.79 Å². The molecule has 1 heterocycles. The SMILES string of the molecule is CC(C)Oc1ncc(C(=O)NC(CN(C)C)c2ccccc2)cc1Cl. The number of carbonyl (C=O) groups excluding carboxylic acids is 1. The van der Waals surface area contributed by atoms with Crippen LogP contribution >= 0.6 is 11.6 Å². The highest BCUT2D eigenvalue weighted by atomic mass is 35.5. The summed E-state index contributed by atoms with van der Waals surface area (Å²) >= 11 is 6.18. The molecule has 1 N–H and O–H groups in total. The first kappa shape index (κ1) is 19.2. The van der Waals surface area contributed by atoms with E-state index in [2.05, 4.69) is 10.3 Å². The number of rotatable bonds is 7. The third kappa shape index (κ3) is 5.73.